The van der Waals surface area contributed by atoms with Crippen LogP contribution in [0, 0.1) is 0 Å². The number of anilines is 1. The average molecular weight is 465 g/mol. The lowest BCUT2D eigenvalue weighted by Gasteiger charge is -2.09. The van der Waals surface area contributed by atoms with E-state index < -0.39 is 10.0 Å². The number of carbonyl (C=O) groups excluding carboxylic acids is 1. The van der Waals surface area contributed by atoms with Gasteiger partial charge in [0.25, 0.3) is 15.9 Å². The molecule has 1 aromatic heterocycles. The molecular formula is C18H22Cl2N2O4S2. The second kappa shape index (κ2) is 11.0. The molecule has 2 aromatic rings. The maximum Gasteiger partial charge on any atom is 0.264 e. The summed E-state index contributed by atoms with van der Waals surface area (Å²) in [6, 6.07) is 7.43. The lowest BCUT2D eigenvalue weighted by molar-refractivity contribution is 0.0940. The number of carbonyl (C=O) groups is 1. The van der Waals surface area contributed by atoms with E-state index in [1.165, 1.54) is 18.2 Å². The van der Waals surface area contributed by atoms with Gasteiger partial charge in [0, 0.05) is 31.0 Å². The molecule has 0 saturated heterocycles. The van der Waals surface area contributed by atoms with E-state index >= 15 is 0 Å². The molecule has 0 aliphatic rings. The van der Waals surface area contributed by atoms with Gasteiger partial charge in [-0.25, -0.2) is 8.42 Å². The van der Waals surface area contributed by atoms with Gasteiger partial charge in [0.1, 0.15) is 9.23 Å². The number of ether oxygens (including phenoxy) is 1. The zero-order valence-electron chi connectivity index (χ0n) is 15.3. The molecule has 0 aliphatic carbocycles. The Labute approximate surface area is 179 Å². The molecule has 0 fully saturated rings. The Balaban J connectivity index is 1.85. The smallest absolute Gasteiger partial charge is 0.264 e. The van der Waals surface area contributed by atoms with Gasteiger partial charge in [0.05, 0.1) is 4.34 Å². The number of hydrogen-bond acceptors (Lipinski definition) is 5. The number of sulfonamides is 1. The van der Waals surface area contributed by atoms with Crippen LogP contribution in [0.15, 0.2) is 35.2 Å². The molecule has 1 heterocycles. The van der Waals surface area contributed by atoms with E-state index in [1.807, 2.05) is 0 Å². The molecule has 6 nitrogen and oxygen atoms in total. The van der Waals surface area contributed by atoms with Crippen molar-refractivity contribution in [3.05, 3.63) is 44.6 Å². The van der Waals surface area contributed by atoms with Gasteiger partial charge in [-0.1, -0.05) is 36.5 Å². The van der Waals surface area contributed by atoms with Crippen LogP contribution in [0.3, 0.4) is 0 Å². The molecule has 1 amide bonds. The molecule has 2 rings (SSSR count). The third kappa shape index (κ3) is 6.93. The number of unbranched alkanes of at least 4 members (excludes halogenated alkanes) is 1. The van der Waals surface area contributed by atoms with Gasteiger partial charge in [0.15, 0.2) is 0 Å². The van der Waals surface area contributed by atoms with Crippen molar-refractivity contribution in [2.75, 3.05) is 24.5 Å². The van der Waals surface area contributed by atoms with E-state index in [4.69, 9.17) is 27.9 Å². The summed E-state index contributed by atoms with van der Waals surface area (Å²) in [6.07, 6.45) is 2.86. The molecule has 0 saturated carbocycles. The minimum atomic E-state index is -3.85. The van der Waals surface area contributed by atoms with Crippen molar-refractivity contribution in [3.8, 4) is 0 Å². The van der Waals surface area contributed by atoms with Crippen molar-refractivity contribution >= 4 is 56.2 Å². The first-order chi connectivity index (χ1) is 13.3. The van der Waals surface area contributed by atoms with Crippen molar-refractivity contribution in [2.45, 2.75) is 31.1 Å². The highest BCUT2D eigenvalue weighted by Gasteiger charge is 2.21. The summed E-state index contributed by atoms with van der Waals surface area (Å²) >= 11 is 12.7. The molecule has 0 bridgehead atoms. The zero-order valence-corrected chi connectivity index (χ0v) is 18.5. The molecule has 0 unspecified atom stereocenters. The summed E-state index contributed by atoms with van der Waals surface area (Å²) in [4.78, 5) is 12.0. The SMILES string of the molecule is CCCCOCCCNC(=O)c1ccc(NS(=O)(=O)c2cc(Cl)sc2Cl)cc1. The van der Waals surface area contributed by atoms with E-state index in [-0.39, 0.29) is 19.5 Å². The fourth-order valence-corrected chi connectivity index (χ4v) is 5.44. The highest BCUT2D eigenvalue weighted by Crippen LogP contribution is 2.35. The average Bonchev–Trinajstić information content (AvgIpc) is 3.00. The maximum atomic E-state index is 12.4. The van der Waals surface area contributed by atoms with E-state index in [0.717, 1.165) is 37.2 Å². The monoisotopic (exact) mass is 464 g/mol. The number of hydrogen-bond donors (Lipinski definition) is 2. The molecule has 154 valence electrons. The summed E-state index contributed by atoms with van der Waals surface area (Å²) in [5.74, 6) is -0.226. The quantitative estimate of drug-likeness (QED) is 0.468. The maximum absolute atomic E-state index is 12.4. The van der Waals surface area contributed by atoms with Crippen LogP contribution in [-0.4, -0.2) is 34.1 Å². The van der Waals surface area contributed by atoms with Crippen LogP contribution in [0.4, 0.5) is 5.69 Å². The van der Waals surface area contributed by atoms with Gasteiger partial charge < -0.3 is 10.1 Å². The first-order valence-electron chi connectivity index (χ1n) is 8.77. The summed E-state index contributed by atoms with van der Waals surface area (Å²) in [5.41, 5.74) is 0.755. The van der Waals surface area contributed by atoms with Crippen LogP contribution >= 0.6 is 34.5 Å². The molecule has 0 spiro atoms. The summed E-state index contributed by atoms with van der Waals surface area (Å²) < 4.78 is 33.0. The first-order valence-corrected chi connectivity index (χ1v) is 11.8. The van der Waals surface area contributed by atoms with E-state index in [0.29, 0.717) is 24.4 Å². The number of thiophene rings is 1. The number of amides is 1. The summed E-state index contributed by atoms with van der Waals surface area (Å²) in [6.45, 7) is 3.96. The van der Waals surface area contributed by atoms with Crippen LogP contribution in [0.1, 0.15) is 36.5 Å². The second-order valence-electron chi connectivity index (χ2n) is 5.95. The Hall–Kier alpha value is -1.32. The lowest BCUT2D eigenvalue weighted by atomic mass is 10.2. The normalized spacial score (nSPS) is 11.4. The Morgan fingerprint density at radius 1 is 1.14 bits per heavy atom. The van der Waals surface area contributed by atoms with Crippen LogP contribution in [0.25, 0.3) is 0 Å². The molecule has 0 radical (unpaired) electrons. The Morgan fingerprint density at radius 3 is 2.43 bits per heavy atom. The topological polar surface area (TPSA) is 84.5 Å². The summed E-state index contributed by atoms with van der Waals surface area (Å²) in [7, 11) is -3.85. The minimum absolute atomic E-state index is 0.0767. The minimum Gasteiger partial charge on any atom is -0.381 e. The summed E-state index contributed by atoms with van der Waals surface area (Å²) in [5, 5.41) is 2.81. The van der Waals surface area contributed by atoms with Crippen LogP contribution in [0.5, 0.6) is 0 Å². The van der Waals surface area contributed by atoms with Crippen molar-refractivity contribution in [1.29, 1.82) is 0 Å². The molecular weight excluding hydrogens is 443 g/mol. The predicted molar refractivity (Wildman–Crippen MR) is 114 cm³/mol. The van der Waals surface area contributed by atoms with Crippen LogP contribution in [-0.2, 0) is 14.8 Å². The molecule has 2 N–H and O–H groups in total. The van der Waals surface area contributed by atoms with E-state index in [9.17, 15) is 13.2 Å². The standard InChI is InChI=1S/C18H22Cl2N2O4S2/c1-2-3-10-26-11-4-9-21-18(23)13-5-7-14(8-6-13)22-28(24,25)15-12-16(19)27-17(15)20/h5-8,12,22H,2-4,9-11H2,1H3,(H,21,23). The Bertz CT molecular complexity index is 883. The fourth-order valence-electron chi connectivity index (χ4n) is 2.23. The number of benzene rings is 1. The highest BCUT2D eigenvalue weighted by atomic mass is 35.5. The number of halogens is 2. The first kappa shape index (κ1) is 23.0. The number of nitrogens with one attached hydrogen (secondary N) is 2. The number of rotatable bonds is 11. The van der Waals surface area contributed by atoms with E-state index in [2.05, 4.69) is 17.0 Å². The van der Waals surface area contributed by atoms with Crippen molar-refractivity contribution < 1.29 is 17.9 Å². The predicted octanol–water partition coefficient (Wildman–Crippen LogP) is 4.79. The van der Waals surface area contributed by atoms with Crippen molar-refractivity contribution in [3.63, 3.8) is 0 Å². The third-order valence-electron chi connectivity index (χ3n) is 3.71. The van der Waals surface area contributed by atoms with Gasteiger partial charge in [-0.2, -0.15) is 0 Å². The molecule has 10 heteroatoms. The van der Waals surface area contributed by atoms with Crippen LogP contribution < -0.4 is 10.0 Å². The zero-order chi connectivity index (χ0) is 20.6. The molecule has 28 heavy (non-hydrogen) atoms. The lowest BCUT2D eigenvalue weighted by Crippen LogP contribution is -2.25. The third-order valence-corrected chi connectivity index (χ3v) is 6.84. The van der Waals surface area contributed by atoms with Crippen molar-refractivity contribution in [2.24, 2.45) is 0 Å². The molecule has 1 aromatic carbocycles. The van der Waals surface area contributed by atoms with Gasteiger partial charge in [0.2, 0.25) is 0 Å². The largest absolute Gasteiger partial charge is 0.381 e. The van der Waals surface area contributed by atoms with Crippen molar-refractivity contribution in [1.82, 2.24) is 5.32 Å². The van der Waals surface area contributed by atoms with Gasteiger partial charge in [-0.15, -0.1) is 11.3 Å². The van der Waals surface area contributed by atoms with Gasteiger partial charge >= 0.3 is 0 Å². The van der Waals surface area contributed by atoms with Gasteiger partial charge in [-0.3, -0.25) is 9.52 Å². The highest BCUT2D eigenvalue weighted by molar-refractivity contribution is 7.93. The van der Waals surface area contributed by atoms with Gasteiger partial charge in [-0.05, 0) is 43.2 Å². The fraction of sp³-hybridized carbons (Fsp3) is 0.389. The second-order valence-corrected chi connectivity index (χ2v) is 9.88. The molecule has 0 atom stereocenters. The van der Waals surface area contributed by atoms with Crippen LogP contribution in [0.2, 0.25) is 8.67 Å². The Kier molecular flexibility index (Phi) is 9.04. The molecule has 0 aliphatic heterocycles. The Morgan fingerprint density at radius 2 is 1.82 bits per heavy atom. The van der Waals surface area contributed by atoms with E-state index in [1.54, 1.807) is 12.1 Å².